The molecule has 0 aromatic heterocycles. The van der Waals surface area contributed by atoms with Crippen LogP contribution < -0.4 is 0 Å². The van der Waals surface area contributed by atoms with Crippen molar-refractivity contribution in [2.75, 3.05) is 0 Å². The van der Waals surface area contributed by atoms with Gasteiger partial charge in [0, 0.05) is 20.5 Å². The molecule has 0 nitrogen and oxygen atoms in total. The summed E-state index contributed by atoms with van der Waals surface area (Å²) in [5.74, 6) is 0. The summed E-state index contributed by atoms with van der Waals surface area (Å²) < 4.78 is 0. The number of halogens is 2. The zero-order chi connectivity index (χ0) is 9.97. The molecule has 1 aliphatic carbocycles. The van der Waals surface area contributed by atoms with Crippen molar-refractivity contribution in [1.82, 2.24) is 0 Å². The van der Waals surface area contributed by atoms with Crippen LogP contribution in [0.1, 0.15) is 19.3 Å². The van der Waals surface area contributed by atoms with E-state index in [4.69, 9.17) is 23.2 Å². The van der Waals surface area contributed by atoms with Gasteiger partial charge in [-0.15, -0.1) is 23.4 Å². The predicted octanol–water partition coefficient (Wildman–Crippen LogP) is 4.59. The summed E-state index contributed by atoms with van der Waals surface area (Å²) in [4.78, 5) is 1.27. The molecule has 3 heteroatoms. The maximum Gasteiger partial charge on any atom is 0.0458 e. The Morgan fingerprint density at radius 1 is 1.14 bits per heavy atom. The SMILES string of the molecule is Clc1ccc(S[C@H]2CCC[C@@H]2Cl)cc1. The highest BCUT2D eigenvalue weighted by Gasteiger charge is 2.25. The van der Waals surface area contributed by atoms with Crippen molar-refractivity contribution in [1.29, 1.82) is 0 Å². The van der Waals surface area contributed by atoms with Crippen molar-refractivity contribution in [3.8, 4) is 0 Å². The standard InChI is InChI=1S/C11H12Cl2S/c12-8-4-6-9(7-5-8)14-11-3-1-2-10(11)13/h4-7,10-11H,1-3H2/t10-,11-/m0/s1. The monoisotopic (exact) mass is 246 g/mol. The molecule has 1 fully saturated rings. The average molecular weight is 247 g/mol. The van der Waals surface area contributed by atoms with Crippen LogP contribution >= 0.6 is 35.0 Å². The van der Waals surface area contributed by atoms with Gasteiger partial charge in [0.15, 0.2) is 0 Å². The van der Waals surface area contributed by atoms with E-state index in [0.717, 1.165) is 11.4 Å². The third-order valence-corrected chi connectivity index (χ3v) is 4.81. The van der Waals surface area contributed by atoms with Crippen LogP contribution in [0.25, 0.3) is 0 Å². The Morgan fingerprint density at radius 3 is 2.43 bits per heavy atom. The Kier molecular flexibility index (Phi) is 3.64. The lowest BCUT2D eigenvalue weighted by atomic mass is 10.4. The second kappa shape index (κ2) is 4.78. The molecule has 14 heavy (non-hydrogen) atoms. The van der Waals surface area contributed by atoms with Crippen LogP contribution in [-0.2, 0) is 0 Å². The van der Waals surface area contributed by atoms with Gasteiger partial charge in [0.2, 0.25) is 0 Å². The molecule has 0 unspecified atom stereocenters. The minimum absolute atomic E-state index is 0.343. The highest BCUT2D eigenvalue weighted by atomic mass is 35.5. The highest BCUT2D eigenvalue weighted by molar-refractivity contribution is 8.00. The first-order chi connectivity index (χ1) is 6.75. The summed E-state index contributed by atoms with van der Waals surface area (Å²) in [6.07, 6.45) is 3.66. The van der Waals surface area contributed by atoms with Gasteiger partial charge in [-0.05, 0) is 37.1 Å². The molecule has 0 aliphatic heterocycles. The molecule has 0 spiro atoms. The fourth-order valence-corrected chi connectivity index (χ4v) is 3.47. The van der Waals surface area contributed by atoms with Gasteiger partial charge in [-0.1, -0.05) is 18.0 Å². The van der Waals surface area contributed by atoms with Gasteiger partial charge < -0.3 is 0 Å². The molecule has 0 N–H and O–H groups in total. The maximum atomic E-state index is 6.21. The van der Waals surface area contributed by atoms with E-state index < -0.39 is 0 Å². The molecular formula is C11H12Cl2S. The average Bonchev–Trinajstić information content (AvgIpc) is 2.56. The molecule has 2 rings (SSSR count). The maximum absolute atomic E-state index is 6.21. The van der Waals surface area contributed by atoms with Gasteiger partial charge >= 0.3 is 0 Å². The second-order valence-electron chi connectivity index (χ2n) is 3.56. The minimum atomic E-state index is 0.343. The largest absolute Gasteiger partial charge is 0.122 e. The predicted molar refractivity (Wildman–Crippen MR) is 64.6 cm³/mol. The van der Waals surface area contributed by atoms with Crippen molar-refractivity contribution in [2.45, 2.75) is 34.8 Å². The minimum Gasteiger partial charge on any atom is -0.122 e. The summed E-state index contributed by atoms with van der Waals surface area (Å²) in [6.45, 7) is 0. The van der Waals surface area contributed by atoms with Crippen molar-refractivity contribution >= 4 is 35.0 Å². The van der Waals surface area contributed by atoms with Crippen molar-refractivity contribution in [3.05, 3.63) is 29.3 Å². The number of hydrogen-bond donors (Lipinski definition) is 0. The normalized spacial score (nSPS) is 26.7. The summed E-state index contributed by atoms with van der Waals surface area (Å²) in [7, 11) is 0. The van der Waals surface area contributed by atoms with E-state index in [9.17, 15) is 0 Å². The highest BCUT2D eigenvalue weighted by Crippen LogP contribution is 2.37. The summed E-state index contributed by atoms with van der Waals surface area (Å²) >= 11 is 13.9. The zero-order valence-corrected chi connectivity index (χ0v) is 10.1. The smallest absolute Gasteiger partial charge is 0.0458 e. The number of hydrogen-bond acceptors (Lipinski definition) is 1. The molecule has 1 aromatic rings. The van der Waals surface area contributed by atoms with Crippen LogP contribution in [0.2, 0.25) is 5.02 Å². The van der Waals surface area contributed by atoms with Crippen LogP contribution in [0.5, 0.6) is 0 Å². The van der Waals surface area contributed by atoms with Gasteiger partial charge in [-0.25, -0.2) is 0 Å². The Hall–Kier alpha value is 0.150. The molecule has 1 aliphatic rings. The van der Waals surface area contributed by atoms with E-state index in [-0.39, 0.29) is 0 Å². The molecule has 76 valence electrons. The Morgan fingerprint density at radius 2 is 1.86 bits per heavy atom. The van der Waals surface area contributed by atoms with Gasteiger partial charge in [0.25, 0.3) is 0 Å². The first kappa shape index (κ1) is 10.7. The number of alkyl halides is 1. The Balaban J connectivity index is 2.00. The van der Waals surface area contributed by atoms with Crippen molar-refractivity contribution in [3.63, 3.8) is 0 Å². The van der Waals surface area contributed by atoms with Crippen LogP contribution in [-0.4, -0.2) is 10.6 Å². The number of rotatable bonds is 2. The first-order valence-corrected chi connectivity index (χ1v) is 6.51. The molecular weight excluding hydrogens is 235 g/mol. The lowest BCUT2D eigenvalue weighted by Crippen LogP contribution is -2.08. The molecule has 2 atom stereocenters. The zero-order valence-electron chi connectivity index (χ0n) is 7.75. The molecule has 1 saturated carbocycles. The van der Waals surface area contributed by atoms with E-state index in [1.165, 1.54) is 17.7 Å². The second-order valence-corrected chi connectivity index (χ2v) is 5.87. The molecule has 0 radical (unpaired) electrons. The Bertz CT molecular complexity index is 297. The fourth-order valence-electron chi connectivity index (χ4n) is 1.70. The summed E-state index contributed by atoms with van der Waals surface area (Å²) in [6, 6.07) is 7.99. The van der Waals surface area contributed by atoms with E-state index in [1.807, 2.05) is 23.9 Å². The van der Waals surface area contributed by atoms with Crippen molar-refractivity contribution in [2.24, 2.45) is 0 Å². The van der Waals surface area contributed by atoms with Gasteiger partial charge in [0.05, 0.1) is 0 Å². The van der Waals surface area contributed by atoms with E-state index in [0.29, 0.717) is 10.6 Å². The number of thioether (sulfide) groups is 1. The molecule has 0 saturated heterocycles. The summed E-state index contributed by atoms with van der Waals surface area (Å²) in [5, 5.41) is 1.72. The third kappa shape index (κ3) is 2.59. The molecule has 0 heterocycles. The quantitative estimate of drug-likeness (QED) is 0.688. The lowest BCUT2D eigenvalue weighted by molar-refractivity contribution is 0.888. The molecule has 0 bridgehead atoms. The van der Waals surface area contributed by atoms with Gasteiger partial charge in [0.1, 0.15) is 0 Å². The van der Waals surface area contributed by atoms with Crippen LogP contribution in [0.4, 0.5) is 0 Å². The van der Waals surface area contributed by atoms with Gasteiger partial charge in [-0.2, -0.15) is 0 Å². The van der Waals surface area contributed by atoms with Crippen LogP contribution in [0.3, 0.4) is 0 Å². The topological polar surface area (TPSA) is 0 Å². The Labute approximate surface area is 99.0 Å². The van der Waals surface area contributed by atoms with Crippen LogP contribution in [0.15, 0.2) is 29.2 Å². The first-order valence-electron chi connectivity index (χ1n) is 4.82. The molecule has 1 aromatic carbocycles. The lowest BCUT2D eigenvalue weighted by Gasteiger charge is -2.12. The number of benzene rings is 1. The van der Waals surface area contributed by atoms with Crippen LogP contribution in [0, 0.1) is 0 Å². The summed E-state index contributed by atoms with van der Waals surface area (Å²) in [5.41, 5.74) is 0. The van der Waals surface area contributed by atoms with E-state index in [2.05, 4.69) is 12.1 Å². The van der Waals surface area contributed by atoms with Gasteiger partial charge in [-0.3, -0.25) is 0 Å². The van der Waals surface area contributed by atoms with E-state index in [1.54, 1.807) is 0 Å². The third-order valence-electron chi connectivity index (χ3n) is 2.47. The molecule has 0 amide bonds. The van der Waals surface area contributed by atoms with Crippen molar-refractivity contribution < 1.29 is 0 Å². The van der Waals surface area contributed by atoms with E-state index >= 15 is 0 Å². The fraction of sp³-hybridized carbons (Fsp3) is 0.455.